The minimum absolute atomic E-state index is 0.0567. The summed E-state index contributed by atoms with van der Waals surface area (Å²) in [4.78, 5) is 11.1. The number of Topliss-reactive ketones (excluding diaryl/α,β-unsaturated/α-hetero) is 1. The molecule has 1 rings (SSSR count). The molecule has 15 heavy (non-hydrogen) atoms. The molecule has 1 aromatic carbocycles. The van der Waals surface area contributed by atoms with E-state index in [0.717, 1.165) is 6.26 Å². The van der Waals surface area contributed by atoms with Gasteiger partial charge in [0.2, 0.25) is 10.0 Å². The van der Waals surface area contributed by atoms with Gasteiger partial charge >= 0.3 is 0 Å². The molecule has 0 radical (unpaired) electrons. The Kier molecular flexibility index (Phi) is 3.43. The summed E-state index contributed by atoms with van der Waals surface area (Å²) in [6.07, 6.45) is 1.06. The molecule has 1 aromatic rings. The first-order chi connectivity index (χ1) is 6.92. The Morgan fingerprint density at radius 3 is 2.27 bits per heavy atom. The van der Waals surface area contributed by atoms with E-state index >= 15 is 0 Å². The van der Waals surface area contributed by atoms with Gasteiger partial charge in [0.1, 0.15) is 0 Å². The lowest BCUT2D eigenvalue weighted by Gasteiger charge is -2.04. The normalized spacial score (nSPS) is 11.1. The molecule has 82 valence electrons. The van der Waals surface area contributed by atoms with E-state index < -0.39 is 10.0 Å². The first-order valence-corrected chi connectivity index (χ1v) is 6.12. The third-order valence-corrected chi connectivity index (χ3v) is 2.30. The zero-order valence-corrected chi connectivity index (χ0v) is 9.04. The Hall–Kier alpha value is -1.40. The molecule has 0 unspecified atom stereocenters. The van der Waals surface area contributed by atoms with E-state index in [4.69, 9.17) is 5.73 Å². The monoisotopic (exact) mass is 228 g/mol. The largest absolute Gasteiger partial charge is 0.324 e. The summed E-state index contributed by atoms with van der Waals surface area (Å²) in [7, 11) is -3.28. The van der Waals surface area contributed by atoms with E-state index in [2.05, 4.69) is 4.72 Å². The molecule has 0 fully saturated rings. The summed E-state index contributed by atoms with van der Waals surface area (Å²) in [6.45, 7) is -0.0567. The number of sulfonamides is 1. The highest BCUT2D eigenvalue weighted by atomic mass is 32.2. The second-order valence-corrected chi connectivity index (χ2v) is 4.83. The smallest absolute Gasteiger partial charge is 0.229 e. The van der Waals surface area contributed by atoms with Crippen LogP contribution in [0.1, 0.15) is 10.4 Å². The van der Waals surface area contributed by atoms with Crippen LogP contribution in [-0.4, -0.2) is 27.0 Å². The van der Waals surface area contributed by atoms with Crippen LogP contribution in [0.3, 0.4) is 0 Å². The Morgan fingerprint density at radius 2 is 1.87 bits per heavy atom. The lowest BCUT2D eigenvalue weighted by Crippen LogP contribution is -2.14. The highest BCUT2D eigenvalue weighted by molar-refractivity contribution is 7.92. The number of rotatable bonds is 4. The Balaban J connectivity index is 2.86. The Morgan fingerprint density at radius 1 is 1.33 bits per heavy atom. The van der Waals surface area contributed by atoms with E-state index in [0.29, 0.717) is 11.3 Å². The standard InChI is InChI=1S/C9H12N2O3S/c1-15(13,14)11-8-4-2-7(3-5-8)9(12)6-10/h2-5,11H,6,10H2,1H3. The Bertz CT molecular complexity index is 451. The fourth-order valence-corrected chi connectivity index (χ4v) is 1.62. The quantitative estimate of drug-likeness (QED) is 0.720. The molecule has 0 saturated heterocycles. The van der Waals surface area contributed by atoms with Crippen molar-refractivity contribution in [3.63, 3.8) is 0 Å². The van der Waals surface area contributed by atoms with Crippen LogP contribution in [-0.2, 0) is 10.0 Å². The maximum absolute atomic E-state index is 11.1. The van der Waals surface area contributed by atoms with Crippen LogP contribution in [0.2, 0.25) is 0 Å². The summed E-state index contributed by atoms with van der Waals surface area (Å²) in [5, 5.41) is 0. The van der Waals surface area contributed by atoms with Crippen molar-refractivity contribution in [3.05, 3.63) is 29.8 Å². The maximum atomic E-state index is 11.1. The van der Waals surface area contributed by atoms with Crippen LogP contribution in [0, 0.1) is 0 Å². The molecule has 3 N–H and O–H groups in total. The van der Waals surface area contributed by atoms with Gasteiger partial charge in [-0.05, 0) is 24.3 Å². The number of nitrogens with one attached hydrogen (secondary N) is 1. The topological polar surface area (TPSA) is 89.3 Å². The van der Waals surface area contributed by atoms with Crippen molar-refractivity contribution in [2.45, 2.75) is 0 Å². The molecule has 6 heteroatoms. The van der Waals surface area contributed by atoms with Crippen molar-refractivity contribution in [1.82, 2.24) is 0 Å². The van der Waals surface area contributed by atoms with Crippen molar-refractivity contribution < 1.29 is 13.2 Å². The fourth-order valence-electron chi connectivity index (χ4n) is 1.06. The van der Waals surface area contributed by atoms with Gasteiger partial charge in [-0.25, -0.2) is 8.42 Å². The average Bonchev–Trinajstić information content (AvgIpc) is 2.15. The molecule has 0 aromatic heterocycles. The molecule has 0 heterocycles. The molecule has 5 nitrogen and oxygen atoms in total. The first-order valence-electron chi connectivity index (χ1n) is 4.23. The van der Waals surface area contributed by atoms with Gasteiger partial charge in [0.05, 0.1) is 12.8 Å². The predicted octanol–water partition coefficient (Wildman–Crippen LogP) is 0.199. The molecule has 0 aliphatic rings. The van der Waals surface area contributed by atoms with Gasteiger partial charge in [0.15, 0.2) is 5.78 Å². The number of hydrogen-bond acceptors (Lipinski definition) is 4. The van der Waals surface area contributed by atoms with E-state index in [9.17, 15) is 13.2 Å². The van der Waals surface area contributed by atoms with E-state index in [1.807, 2.05) is 0 Å². The van der Waals surface area contributed by atoms with Crippen molar-refractivity contribution in [2.24, 2.45) is 5.73 Å². The van der Waals surface area contributed by atoms with Gasteiger partial charge in [-0.2, -0.15) is 0 Å². The number of ketones is 1. The molecule has 0 aliphatic carbocycles. The molecular formula is C9H12N2O3S. The number of hydrogen-bond donors (Lipinski definition) is 2. The second-order valence-electron chi connectivity index (χ2n) is 3.08. The molecule has 0 amide bonds. The van der Waals surface area contributed by atoms with Crippen molar-refractivity contribution in [3.8, 4) is 0 Å². The van der Waals surface area contributed by atoms with Crippen LogP contribution in [0.4, 0.5) is 5.69 Å². The molecular weight excluding hydrogens is 216 g/mol. The summed E-state index contributed by atoms with van der Waals surface area (Å²) < 4.78 is 24.1. The van der Waals surface area contributed by atoms with Crippen molar-refractivity contribution in [1.29, 1.82) is 0 Å². The predicted molar refractivity (Wildman–Crippen MR) is 58.3 cm³/mol. The SMILES string of the molecule is CS(=O)(=O)Nc1ccc(C(=O)CN)cc1. The van der Waals surface area contributed by atoms with Gasteiger partial charge < -0.3 is 5.73 Å². The number of carbonyl (C=O) groups excluding carboxylic acids is 1. The Labute approximate surface area is 88.3 Å². The number of benzene rings is 1. The van der Waals surface area contributed by atoms with E-state index in [1.54, 1.807) is 0 Å². The van der Waals surface area contributed by atoms with E-state index in [-0.39, 0.29) is 12.3 Å². The van der Waals surface area contributed by atoms with Gasteiger partial charge in [0, 0.05) is 11.3 Å². The van der Waals surface area contributed by atoms with Crippen molar-refractivity contribution >= 4 is 21.5 Å². The summed E-state index contributed by atoms with van der Waals surface area (Å²) in [5.41, 5.74) is 6.07. The molecule has 0 atom stereocenters. The summed E-state index contributed by atoms with van der Waals surface area (Å²) in [6, 6.07) is 6.10. The number of carbonyl (C=O) groups is 1. The van der Waals surface area contributed by atoms with Crippen LogP contribution >= 0.6 is 0 Å². The molecule has 0 bridgehead atoms. The third kappa shape index (κ3) is 3.69. The number of nitrogens with two attached hydrogens (primary N) is 1. The first kappa shape index (κ1) is 11.7. The average molecular weight is 228 g/mol. The fraction of sp³-hybridized carbons (Fsp3) is 0.222. The van der Waals surface area contributed by atoms with Gasteiger partial charge in [0.25, 0.3) is 0 Å². The molecule has 0 aliphatic heterocycles. The minimum atomic E-state index is -3.28. The second kappa shape index (κ2) is 4.41. The van der Waals surface area contributed by atoms with Crippen LogP contribution in [0.5, 0.6) is 0 Å². The highest BCUT2D eigenvalue weighted by Crippen LogP contribution is 2.10. The van der Waals surface area contributed by atoms with Crippen molar-refractivity contribution in [2.75, 3.05) is 17.5 Å². The summed E-state index contributed by atoms with van der Waals surface area (Å²) >= 11 is 0. The van der Waals surface area contributed by atoms with Gasteiger partial charge in [-0.1, -0.05) is 0 Å². The van der Waals surface area contributed by atoms with Crippen LogP contribution in [0.15, 0.2) is 24.3 Å². The lowest BCUT2D eigenvalue weighted by molar-refractivity contribution is 0.100. The maximum Gasteiger partial charge on any atom is 0.229 e. The van der Waals surface area contributed by atoms with Gasteiger partial charge in [-0.15, -0.1) is 0 Å². The zero-order chi connectivity index (χ0) is 11.5. The van der Waals surface area contributed by atoms with Gasteiger partial charge in [-0.3, -0.25) is 9.52 Å². The van der Waals surface area contributed by atoms with E-state index in [1.165, 1.54) is 24.3 Å². The molecule has 0 saturated carbocycles. The third-order valence-electron chi connectivity index (χ3n) is 1.70. The summed E-state index contributed by atoms with van der Waals surface area (Å²) in [5.74, 6) is -0.180. The highest BCUT2D eigenvalue weighted by Gasteiger charge is 2.04. The minimum Gasteiger partial charge on any atom is -0.324 e. The number of anilines is 1. The molecule has 0 spiro atoms. The lowest BCUT2D eigenvalue weighted by atomic mass is 10.1. The van der Waals surface area contributed by atoms with Crippen LogP contribution in [0.25, 0.3) is 0 Å². The van der Waals surface area contributed by atoms with Crippen LogP contribution < -0.4 is 10.5 Å². The zero-order valence-electron chi connectivity index (χ0n) is 8.23.